The highest BCUT2D eigenvalue weighted by Crippen LogP contribution is 2.33. The van der Waals surface area contributed by atoms with Crippen molar-refractivity contribution in [1.82, 2.24) is 9.62 Å². The highest BCUT2D eigenvalue weighted by Gasteiger charge is 2.39. The van der Waals surface area contributed by atoms with Crippen LogP contribution in [-0.2, 0) is 10.0 Å². The average molecular weight is 430 g/mol. The van der Waals surface area contributed by atoms with E-state index >= 15 is 0 Å². The number of nitrogens with one attached hydrogen (secondary N) is 1. The van der Waals surface area contributed by atoms with Crippen molar-refractivity contribution in [1.29, 1.82) is 0 Å². The second-order valence-corrected chi connectivity index (χ2v) is 9.15. The van der Waals surface area contributed by atoms with E-state index in [9.17, 15) is 8.42 Å². The van der Waals surface area contributed by atoms with Crippen molar-refractivity contribution < 1.29 is 8.42 Å². The summed E-state index contributed by atoms with van der Waals surface area (Å²) < 4.78 is 27.9. The lowest BCUT2D eigenvalue weighted by Crippen LogP contribution is -2.48. The Balaban J connectivity index is 0.00000176. The van der Waals surface area contributed by atoms with Gasteiger partial charge in [0, 0.05) is 29.6 Å². The lowest BCUT2D eigenvalue weighted by molar-refractivity contribution is 0.251. The minimum atomic E-state index is -3.55. The number of sulfonamides is 1. The Morgan fingerprint density at radius 3 is 2.41 bits per heavy atom. The zero-order valence-electron chi connectivity index (χ0n) is 12.1. The lowest BCUT2D eigenvalue weighted by atomic mass is 10.0. The van der Waals surface area contributed by atoms with E-state index in [-0.39, 0.29) is 28.4 Å². The molecule has 22 heavy (non-hydrogen) atoms. The Labute approximate surface area is 151 Å². The molecule has 2 saturated heterocycles. The molecule has 0 amide bonds. The van der Waals surface area contributed by atoms with Gasteiger partial charge in [-0.05, 0) is 43.9 Å². The molecule has 2 aliphatic heterocycles. The van der Waals surface area contributed by atoms with Crippen molar-refractivity contribution in [2.75, 3.05) is 7.05 Å². The van der Waals surface area contributed by atoms with Gasteiger partial charge in [0.1, 0.15) is 4.90 Å². The largest absolute Gasteiger partial charge is 0.311 e. The standard InChI is InChI=1S/C14H18BrClN2O2S.ClH/c1-18(12-7-10-3-4-11(8-12)17-10)21(19,20)14-5-2-9(15)6-13(14)16;/h2,5-6,10-12,17H,3-4,7-8H2,1H3;1H. The first kappa shape index (κ1) is 18.5. The second kappa shape index (κ2) is 6.95. The molecule has 2 unspecified atom stereocenters. The van der Waals surface area contributed by atoms with Gasteiger partial charge in [-0.1, -0.05) is 27.5 Å². The lowest BCUT2D eigenvalue weighted by Gasteiger charge is -2.35. The molecule has 0 aliphatic carbocycles. The number of nitrogens with zero attached hydrogens (tertiary/aromatic N) is 1. The molecule has 1 aromatic carbocycles. The fourth-order valence-electron chi connectivity index (χ4n) is 3.36. The van der Waals surface area contributed by atoms with Crippen LogP contribution < -0.4 is 5.32 Å². The molecule has 0 spiro atoms. The molecule has 2 aliphatic rings. The van der Waals surface area contributed by atoms with Crippen LogP contribution in [0, 0.1) is 0 Å². The predicted molar refractivity (Wildman–Crippen MR) is 94.3 cm³/mol. The zero-order valence-corrected chi connectivity index (χ0v) is 16.1. The van der Waals surface area contributed by atoms with Gasteiger partial charge in [-0.2, -0.15) is 4.31 Å². The molecular formula is C14H19BrCl2N2O2S. The summed E-state index contributed by atoms with van der Waals surface area (Å²) in [5.74, 6) is 0. The van der Waals surface area contributed by atoms with E-state index in [1.807, 2.05) is 0 Å². The summed E-state index contributed by atoms with van der Waals surface area (Å²) in [5, 5.41) is 3.79. The van der Waals surface area contributed by atoms with E-state index in [2.05, 4.69) is 21.2 Å². The van der Waals surface area contributed by atoms with Crippen molar-refractivity contribution in [3.05, 3.63) is 27.7 Å². The molecule has 4 nitrogen and oxygen atoms in total. The van der Waals surface area contributed by atoms with Gasteiger partial charge < -0.3 is 5.32 Å². The van der Waals surface area contributed by atoms with Crippen LogP contribution in [0.2, 0.25) is 5.02 Å². The Hall–Kier alpha value is 0.150. The van der Waals surface area contributed by atoms with Crippen LogP contribution in [0.4, 0.5) is 0 Å². The van der Waals surface area contributed by atoms with E-state index in [0.29, 0.717) is 12.1 Å². The Morgan fingerprint density at radius 1 is 1.27 bits per heavy atom. The molecule has 2 bridgehead atoms. The Morgan fingerprint density at radius 2 is 1.86 bits per heavy atom. The Bertz CT molecular complexity index is 644. The number of fused-ring (bicyclic) bond motifs is 2. The smallest absolute Gasteiger partial charge is 0.244 e. The third-order valence-corrected chi connectivity index (χ3v) is 7.40. The van der Waals surface area contributed by atoms with Gasteiger partial charge in [0.25, 0.3) is 0 Å². The number of hydrogen-bond acceptors (Lipinski definition) is 3. The summed E-state index contributed by atoms with van der Waals surface area (Å²) in [7, 11) is -1.88. The molecule has 2 fully saturated rings. The maximum Gasteiger partial charge on any atom is 0.244 e. The number of benzene rings is 1. The quantitative estimate of drug-likeness (QED) is 0.800. The van der Waals surface area contributed by atoms with Crippen molar-refractivity contribution >= 4 is 50.0 Å². The second-order valence-electron chi connectivity index (χ2n) is 5.86. The molecule has 0 saturated carbocycles. The summed E-state index contributed by atoms with van der Waals surface area (Å²) in [6, 6.07) is 5.84. The van der Waals surface area contributed by atoms with Crippen molar-refractivity contribution in [3.8, 4) is 0 Å². The van der Waals surface area contributed by atoms with Gasteiger partial charge in [-0.25, -0.2) is 8.42 Å². The van der Waals surface area contributed by atoms with Crippen LogP contribution in [0.1, 0.15) is 25.7 Å². The molecule has 8 heteroatoms. The first-order valence-corrected chi connectivity index (χ1v) is 9.68. The first-order valence-electron chi connectivity index (χ1n) is 7.07. The fraction of sp³-hybridized carbons (Fsp3) is 0.571. The van der Waals surface area contributed by atoms with Crippen LogP contribution in [0.5, 0.6) is 0 Å². The summed E-state index contributed by atoms with van der Waals surface area (Å²) in [6.45, 7) is 0. The van der Waals surface area contributed by atoms with E-state index in [1.54, 1.807) is 25.2 Å². The molecular weight excluding hydrogens is 411 g/mol. The Kier molecular flexibility index (Phi) is 5.84. The zero-order chi connectivity index (χ0) is 15.2. The summed E-state index contributed by atoms with van der Waals surface area (Å²) in [5.41, 5.74) is 0. The fourth-order valence-corrected chi connectivity index (χ4v) is 5.75. The molecule has 2 heterocycles. The molecule has 1 N–H and O–H groups in total. The third kappa shape index (κ3) is 3.47. The summed E-state index contributed by atoms with van der Waals surface area (Å²) in [6.07, 6.45) is 4.04. The van der Waals surface area contributed by atoms with E-state index in [4.69, 9.17) is 11.6 Å². The third-order valence-electron chi connectivity index (χ3n) is 4.51. The minimum Gasteiger partial charge on any atom is -0.311 e. The van der Waals surface area contributed by atoms with Gasteiger partial charge in [-0.3, -0.25) is 0 Å². The highest BCUT2D eigenvalue weighted by molar-refractivity contribution is 9.10. The average Bonchev–Trinajstić information content (AvgIpc) is 2.76. The molecule has 1 aromatic rings. The molecule has 0 aromatic heterocycles. The SMILES string of the molecule is CN(C1CC2CCC(C1)N2)S(=O)(=O)c1ccc(Br)cc1Cl.Cl. The number of hydrogen-bond donors (Lipinski definition) is 1. The predicted octanol–water partition coefficient (Wildman–Crippen LogP) is 3.43. The van der Waals surface area contributed by atoms with E-state index in [1.165, 1.54) is 4.31 Å². The number of halogens is 3. The first-order chi connectivity index (χ1) is 9.88. The molecule has 0 radical (unpaired) electrons. The number of piperidine rings is 1. The van der Waals surface area contributed by atoms with Gasteiger partial charge in [0.05, 0.1) is 5.02 Å². The van der Waals surface area contributed by atoms with E-state index in [0.717, 1.165) is 30.2 Å². The number of rotatable bonds is 3. The maximum atomic E-state index is 12.8. The monoisotopic (exact) mass is 428 g/mol. The molecule has 124 valence electrons. The minimum absolute atomic E-state index is 0. The van der Waals surface area contributed by atoms with Crippen molar-refractivity contribution in [2.45, 2.75) is 48.7 Å². The van der Waals surface area contributed by atoms with Gasteiger partial charge in [-0.15, -0.1) is 12.4 Å². The summed E-state index contributed by atoms with van der Waals surface area (Å²) >= 11 is 9.42. The van der Waals surface area contributed by atoms with Crippen LogP contribution in [0.25, 0.3) is 0 Å². The molecule has 2 atom stereocenters. The van der Waals surface area contributed by atoms with Crippen LogP contribution in [0.15, 0.2) is 27.6 Å². The van der Waals surface area contributed by atoms with Crippen LogP contribution in [0.3, 0.4) is 0 Å². The van der Waals surface area contributed by atoms with Crippen molar-refractivity contribution in [3.63, 3.8) is 0 Å². The topological polar surface area (TPSA) is 49.4 Å². The summed E-state index contributed by atoms with van der Waals surface area (Å²) in [4.78, 5) is 0.181. The highest BCUT2D eigenvalue weighted by atomic mass is 79.9. The van der Waals surface area contributed by atoms with E-state index < -0.39 is 10.0 Å². The normalized spacial score (nSPS) is 27.7. The van der Waals surface area contributed by atoms with Crippen molar-refractivity contribution in [2.24, 2.45) is 0 Å². The van der Waals surface area contributed by atoms with Gasteiger partial charge >= 0.3 is 0 Å². The maximum absolute atomic E-state index is 12.8. The van der Waals surface area contributed by atoms with Gasteiger partial charge in [0.2, 0.25) is 10.0 Å². The molecule has 3 rings (SSSR count). The van der Waals surface area contributed by atoms with Gasteiger partial charge in [0.15, 0.2) is 0 Å². The van der Waals surface area contributed by atoms with Crippen LogP contribution in [-0.4, -0.2) is 37.9 Å². The van der Waals surface area contributed by atoms with Crippen LogP contribution >= 0.6 is 39.9 Å².